The number of benzene rings is 1. The van der Waals surface area contributed by atoms with E-state index in [2.05, 4.69) is 9.55 Å². The van der Waals surface area contributed by atoms with Gasteiger partial charge in [0.15, 0.2) is 0 Å². The van der Waals surface area contributed by atoms with Crippen molar-refractivity contribution in [2.75, 3.05) is 6.54 Å². The first kappa shape index (κ1) is 19.3. The summed E-state index contributed by atoms with van der Waals surface area (Å²) in [6.45, 7) is 5.13. The Morgan fingerprint density at radius 2 is 1.90 bits per heavy atom. The monoisotopic (exact) mass is 395 g/mol. The van der Waals surface area contributed by atoms with Crippen molar-refractivity contribution in [3.8, 4) is 0 Å². The molecule has 1 atom stereocenters. The summed E-state index contributed by atoms with van der Waals surface area (Å²) in [5, 5.41) is 0. The highest BCUT2D eigenvalue weighted by Gasteiger charge is 2.33. The number of pyridine rings is 1. The average Bonchev–Trinajstić information content (AvgIpc) is 3.29. The molecule has 1 saturated heterocycles. The second kappa shape index (κ2) is 7.78. The molecule has 0 saturated carbocycles. The number of likely N-dealkylation sites (tertiary alicyclic amines) is 1. The summed E-state index contributed by atoms with van der Waals surface area (Å²) in [7, 11) is 0. The lowest BCUT2D eigenvalue weighted by Crippen LogP contribution is -2.31. The minimum atomic E-state index is -0.609. The predicted octanol–water partition coefficient (Wildman–Crippen LogP) is 4.80. The quantitative estimate of drug-likeness (QED) is 0.636. The van der Waals surface area contributed by atoms with E-state index in [1.807, 2.05) is 32.0 Å². The van der Waals surface area contributed by atoms with Crippen molar-refractivity contribution in [1.82, 2.24) is 14.5 Å². The van der Waals surface area contributed by atoms with Gasteiger partial charge in [0, 0.05) is 48.5 Å². The van der Waals surface area contributed by atoms with Crippen molar-refractivity contribution < 1.29 is 13.6 Å². The first-order valence-corrected chi connectivity index (χ1v) is 9.77. The highest BCUT2D eigenvalue weighted by molar-refractivity contribution is 5.96. The maximum atomic E-state index is 14.3. The van der Waals surface area contributed by atoms with Crippen molar-refractivity contribution in [1.29, 1.82) is 0 Å². The normalized spacial score (nSPS) is 16.4. The number of amides is 1. The van der Waals surface area contributed by atoms with E-state index in [9.17, 15) is 13.6 Å². The molecular formula is C23H23F2N3O. The lowest BCUT2D eigenvalue weighted by atomic mass is 10.0. The predicted molar refractivity (Wildman–Crippen MR) is 107 cm³/mol. The molecule has 1 aliphatic rings. The summed E-state index contributed by atoms with van der Waals surface area (Å²) < 4.78 is 29.8. The maximum Gasteiger partial charge on any atom is 0.256 e. The van der Waals surface area contributed by atoms with Crippen LogP contribution in [0.2, 0.25) is 0 Å². The van der Waals surface area contributed by atoms with Gasteiger partial charge < -0.3 is 9.47 Å². The summed E-state index contributed by atoms with van der Waals surface area (Å²) >= 11 is 0. The number of aromatic nitrogens is 2. The zero-order chi connectivity index (χ0) is 20.5. The Morgan fingerprint density at radius 3 is 2.62 bits per heavy atom. The highest BCUT2D eigenvalue weighted by Crippen LogP contribution is 2.35. The molecule has 0 bridgehead atoms. The minimum Gasteiger partial charge on any atom is -0.344 e. The van der Waals surface area contributed by atoms with Gasteiger partial charge in [-0.1, -0.05) is 6.07 Å². The Hall–Kier alpha value is -3.02. The molecule has 0 aliphatic carbocycles. The van der Waals surface area contributed by atoms with Crippen LogP contribution in [-0.4, -0.2) is 26.9 Å². The number of hydrogen-bond donors (Lipinski definition) is 0. The number of carbonyl (C=O) groups excluding carboxylic acids is 1. The molecule has 150 valence electrons. The zero-order valence-electron chi connectivity index (χ0n) is 16.5. The molecule has 3 heterocycles. The number of nitrogens with zero attached hydrogens (tertiary/aromatic N) is 3. The van der Waals surface area contributed by atoms with Gasteiger partial charge in [-0.2, -0.15) is 0 Å². The van der Waals surface area contributed by atoms with Crippen LogP contribution in [0.4, 0.5) is 8.78 Å². The van der Waals surface area contributed by atoms with Gasteiger partial charge in [0.25, 0.3) is 5.91 Å². The lowest BCUT2D eigenvalue weighted by Gasteiger charge is -2.25. The average molecular weight is 395 g/mol. The zero-order valence-corrected chi connectivity index (χ0v) is 16.5. The third-order valence-corrected chi connectivity index (χ3v) is 5.73. The van der Waals surface area contributed by atoms with Crippen molar-refractivity contribution in [2.24, 2.45) is 0 Å². The molecule has 4 nitrogen and oxygen atoms in total. The van der Waals surface area contributed by atoms with Crippen LogP contribution < -0.4 is 0 Å². The first-order valence-electron chi connectivity index (χ1n) is 9.77. The van der Waals surface area contributed by atoms with Gasteiger partial charge in [0.05, 0.1) is 11.6 Å². The van der Waals surface area contributed by atoms with Crippen LogP contribution in [0.5, 0.6) is 0 Å². The van der Waals surface area contributed by atoms with Gasteiger partial charge in [-0.05, 0) is 56.5 Å². The number of halogens is 2. The number of rotatable bonds is 4. The van der Waals surface area contributed by atoms with Gasteiger partial charge in [0.1, 0.15) is 11.6 Å². The van der Waals surface area contributed by atoms with Crippen LogP contribution in [0.15, 0.2) is 48.8 Å². The van der Waals surface area contributed by atoms with Crippen LogP contribution in [0.3, 0.4) is 0 Å². The number of aryl methyl sites for hydroxylation is 1. The van der Waals surface area contributed by atoms with Crippen LogP contribution in [0, 0.1) is 25.5 Å². The van der Waals surface area contributed by atoms with E-state index < -0.39 is 11.6 Å². The molecule has 1 unspecified atom stereocenters. The summed E-state index contributed by atoms with van der Waals surface area (Å²) in [4.78, 5) is 19.1. The molecule has 29 heavy (non-hydrogen) atoms. The van der Waals surface area contributed by atoms with Crippen LogP contribution in [0.1, 0.15) is 51.8 Å². The summed E-state index contributed by atoms with van der Waals surface area (Å²) in [5.41, 5.74) is 3.99. The van der Waals surface area contributed by atoms with Crippen LogP contribution in [-0.2, 0) is 6.54 Å². The lowest BCUT2D eigenvalue weighted by molar-refractivity contribution is 0.0732. The van der Waals surface area contributed by atoms with Crippen molar-refractivity contribution in [2.45, 2.75) is 39.3 Å². The molecule has 1 aromatic carbocycles. The summed E-state index contributed by atoms with van der Waals surface area (Å²) in [6.07, 6.45) is 4.97. The Kier molecular flexibility index (Phi) is 5.18. The van der Waals surface area contributed by atoms with E-state index in [4.69, 9.17) is 0 Å². The molecule has 1 amide bonds. The third kappa shape index (κ3) is 3.67. The van der Waals surface area contributed by atoms with E-state index in [1.54, 1.807) is 17.3 Å². The molecule has 0 radical (unpaired) electrons. The molecule has 3 aromatic rings. The minimum absolute atomic E-state index is 0.106. The fourth-order valence-electron chi connectivity index (χ4n) is 4.19. The largest absolute Gasteiger partial charge is 0.344 e. The van der Waals surface area contributed by atoms with Crippen molar-refractivity contribution in [3.63, 3.8) is 0 Å². The first-order chi connectivity index (χ1) is 14.0. The van der Waals surface area contributed by atoms with Crippen molar-refractivity contribution >= 4 is 5.91 Å². The Morgan fingerprint density at radius 1 is 1.14 bits per heavy atom. The van der Waals surface area contributed by atoms with E-state index >= 15 is 0 Å². The van der Waals surface area contributed by atoms with Gasteiger partial charge >= 0.3 is 0 Å². The second-order valence-corrected chi connectivity index (χ2v) is 7.55. The smallest absolute Gasteiger partial charge is 0.256 e. The molecule has 1 aliphatic heterocycles. The third-order valence-electron chi connectivity index (χ3n) is 5.73. The molecule has 6 heteroatoms. The van der Waals surface area contributed by atoms with E-state index in [0.717, 1.165) is 29.4 Å². The fraction of sp³-hybridized carbons (Fsp3) is 0.304. The van der Waals surface area contributed by atoms with Gasteiger partial charge in [0.2, 0.25) is 0 Å². The number of hydrogen-bond acceptors (Lipinski definition) is 2. The van der Waals surface area contributed by atoms with Gasteiger partial charge in [-0.15, -0.1) is 0 Å². The SMILES string of the molecule is Cc1cc(C(=O)N2CCCC2c2ccc(F)cc2F)c(C)n1Cc1ccncc1. The summed E-state index contributed by atoms with van der Waals surface area (Å²) in [5.74, 6) is -1.31. The van der Waals surface area contributed by atoms with Crippen molar-refractivity contribution in [3.05, 3.63) is 88.5 Å². The molecule has 2 aromatic heterocycles. The van der Waals surface area contributed by atoms with E-state index in [0.29, 0.717) is 30.6 Å². The molecule has 1 fully saturated rings. The molecular weight excluding hydrogens is 372 g/mol. The van der Waals surface area contributed by atoms with Gasteiger partial charge in [-0.25, -0.2) is 8.78 Å². The Bertz CT molecular complexity index is 1050. The Balaban J connectivity index is 1.63. The van der Waals surface area contributed by atoms with E-state index in [1.165, 1.54) is 12.1 Å². The Labute approximate surface area is 168 Å². The van der Waals surface area contributed by atoms with Gasteiger partial charge in [-0.3, -0.25) is 9.78 Å². The van der Waals surface area contributed by atoms with E-state index in [-0.39, 0.29) is 11.9 Å². The maximum absolute atomic E-state index is 14.3. The molecule has 0 N–H and O–H groups in total. The van der Waals surface area contributed by atoms with Crippen LogP contribution in [0.25, 0.3) is 0 Å². The fourth-order valence-corrected chi connectivity index (χ4v) is 4.19. The molecule has 4 rings (SSSR count). The number of carbonyl (C=O) groups is 1. The topological polar surface area (TPSA) is 38.1 Å². The standard InChI is InChI=1S/C23H23F2N3O/c1-15-12-20(16(2)28(15)14-17-7-9-26-10-8-17)23(29)27-11-3-4-22(27)19-6-5-18(24)13-21(19)25/h5-10,12-13,22H,3-4,11,14H2,1-2H3. The second-order valence-electron chi connectivity index (χ2n) is 7.55. The summed E-state index contributed by atoms with van der Waals surface area (Å²) in [6, 6.07) is 9.02. The highest BCUT2D eigenvalue weighted by atomic mass is 19.1. The van der Waals surface area contributed by atoms with Crippen LogP contribution >= 0.6 is 0 Å². The molecule has 0 spiro atoms.